The second kappa shape index (κ2) is 9.54. The van der Waals surface area contributed by atoms with Gasteiger partial charge in [-0.15, -0.1) is 0 Å². The van der Waals surface area contributed by atoms with Crippen LogP contribution < -0.4 is 15.5 Å². The highest BCUT2D eigenvalue weighted by molar-refractivity contribution is 7.80. The van der Waals surface area contributed by atoms with Crippen LogP contribution in [0.5, 0.6) is 0 Å². The molecule has 8 heteroatoms. The van der Waals surface area contributed by atoms with Crippen LogP contribution in [-0.2, 0) is 4.79 Å². The molecular formula is C28H26FN5OS. The van der Waals surface area contributed by atoms with Crippen LogP contribution in [0.4, 0.5) is 15.8 Å². The third-order valence-electron chi connectivity index (χ3n) is 6.42. The van der Waals surface area contributed by atoms with E-state index >= 15 is 0 Å². The molecule has 182 valence electrons. The lowest BCUT2D eigenvalue weighted by Gasteiger charge is -2.28. The van der Waals surface area contributed by atoms with E-state index in [0.717, 1.165) is 34.0 Å². The van der Waals surface area contributed by atoms with Gasteiger partial charge in [0.2, 0.25) is 5.91 Å². The molecule has 1 amide bonds. The average molecular weight is 500 g/mol. The summed E-state index contributed by atoms with van der Waals surface area (Å²) in [6.45, 7) is 5.54. The number of carbonyl (C=O) groups is 1. The Morgan fingerprint density at radius 3 is 2.47 bits per heavy atom. The number of benzene rings is 2. The van der Waals surface area contributed by atoms with E-state index in [1.807, 2.05) is 62.4 Å². The molecule has 0 spiro atoms. The summed E-state index contributed by atoms with van der Waals surface area (Å²) in [6.07, 6.45) is 1.78. The molecule has 6 nitrogen and oxygen atoms in total. The van der Waals surface area contributed by atoms with Gasteiger partial charge in [0.25, 0.3) is 0 Å². The summed E-state index contributed by atoms with van der Waals surface area (Å²) in [5.41, 5.74) is 6.29. The number of nitrogens with zero attached hydrogens (tertiary/aromatic N) is 3. The minimum atomic E-state index is -0.280. The number of rotatable bonds is 5. The fourth-order valence-electron chi connectivity index (χ4n) is 4.96. The van der Waals surface area contributed by atoms with Crippen LogP contribution in [0.15, 0.2) is 79.0 Å². The van der Waals surface area contributed by atoms with E-state index < -0.39 is 0 Å². The van der Waals surface area contributed by atoms with Crippen LogP contribution in [0.25, 0.3) is 5.69 Å². The number of pyridine rings is 1. The van der Waals surface area contributed by atoms with Crippen LogP contribution in [0.1, 0.15) is 41.7 Å². The highest BCUT2D eigenvalue weighted by atomic mass is 32.1. The number of hydrogen-bond acceptors (Lipinski definition) is 3. The van der Waals surface area contributed by atoms with Crippen molar-refractivity contribution in [1.82, 2.24) is 14.9 Å². The first-order valence-corrected chi connectivity index (χ1v) is 12.1. The smallest absolute Gasteiger partial charge is 0.221 e. The van der Waals surface area contributed by atoms with Crippen LogP contribution in [-0.4, -0.2) is 20.6 Å². The standard InChI is InChI=1S/C28H26FN5OS/c1-17-15-24(18(2)33(17)23-8-6-7-20(29)16-23)27-26(25-9-4-5-14-30-25)32-28(36)34(27)22-12-10-21(11-13-22)31-19(3)35/h4-16,26-27H,1-3H3,(H,31,35)(H,32,36). The molecule has 1 aliphatic rings. The number of amides is 1. The van der Waals surface area contributed by atoms with Crippen molar-refractivity contribution in [3.05, 3.63) is 107 Å². The van der Waals surface area contributed by atoms with Crippen molar-refractivity contribution in [3.8, 4) is 5.69 Å². The summed E-state index contributed by atoms with van der Waals surface area (Å²) < 4.78 is 16.1. The fourth-order valence-corrected chi connectivity index (χ4v) is 5.30. The zero-order valence-electron chi connectivity index (χ0n) is 20.2. The molecule has 3 heterocycles. The molecule has 2 atom stereocenters. The quantitative estimate of drug-likeness (QED) is 0.342. The third kappa shape index (κ3) is 4.35. The third-order valence-corrected chi connectivity index (χ3v) is 6.73. The average Bonchev–Trinajstić information content (AvgIpc) is 3.35. The molecule has 1 saturated heterocycles. The molecule has 0 aliphatic carbocycles. The molecule has 2 unspecified atom stereocenters. The topological polar surface area (TPSA) is 62.2 Å². The van der Waals surface area contributed by atoms with Gasteiger partial charge < -0.3 is 20.1 Å². The highest BCUT2D eigenvalue weighted by Gasteiger charge is 2.42. The molecule has 0 bridgehead atoms. The van der Waals surface area contributed by atoms with Crippen molar-refractivity contribution in [2.75, 3.05) is 10.2 Å². The lowest BCUT2D eigenvalue weighted by Crippen LogP contribution is -2.29. The van der Waals surface area contributed by atoms with Crippen LogP contribution in [0, 0.1) is 19.7 Å². The van der Waals surface area contributed by atoms with Crippen molar-refractivity contribution < 1.29 is 9.18 Å². The minimum Gasteiger partial charge on any atom is -0.351 e. The molecule has 5 rings (SSSR count). The van der Waals surface area contributed by atoms with Crippen molar-refractivity contribution in [2.24, 2.45) is 0 Å². The van der Waals surface area contributed by atoms with Gasteiger partial charge in [-0.1, -0.05) is 12.1 Å². The minimum absolute atomic E-state index is 0.126. The summed E-state index contributed by atoms with van der Waals surface area (Å²) in [4.78, 5) is 18.2. The van der Waals surface area contributed by atoms with E-state index in [1.165, 1.54) is 19.1 Å². The summed E-state index contributed by atoms with van der Waals surface area (Å²) in [6, 6.07) is 21.8. The molecule has 36 heavy (non-hydrogen) atoms. The van der Waals surface area contributed by atoms with Crippen LogP contribution >= 0.6 is 12.2 Å². The molecule has 2 aromatic carbocycles. The van der Waals surface area contributed by atoms with Crippen LogP contribution in [0.2, 0.25) is 0 Å². The van der Waals surface area contributed by atoms with Gasteiger partial charge in [-0.05, 0) is 92.3 Å². The zero-order chi connectivity index (χ0) is 25.4. The Morgan fingerprint density at radius 2 is 1.81 bits per heavy atom. The summed E-state index contributed by atoms with van der Waals surface area (Å²) in [5, 5.41) is 6.86. The predicted octanol–water partition coefficient (Wildman–Crippen LogP) is 5.76. The Morgan fingerprint density at radius 1 is 1.03 bits per heavy atom. The molecule has 4 aromatic rings. The van der Waals surface area contributed by atoms with Gasteiger partial charge in [0.15, 0.2) is 5.11 Å². The Bertz CT molecular complexity index is 1430. The second-order valence-electron chi connectivity index (χ2n) is 8.87. The highest BCUT2D eigenvalue weighted by Crippen LogP contribution is 2.43. The SMILES string of the molecule is CC(=O)Nc1ccc(N2C(=S)NC(c3ccccn3)C2c2cc(C)n(-c3cccc(F)c3)c2C)cc1. The first-order chi connectivity index (χ1) is 17.3. The second-order valence-corrected chi connectivity index (χ2v) is 9.25. The fraction of sp³-hybridized carbons (Fsp3) is 0.179. The van der Waals surface area contributed by atoms with Gasteiger partial charge in [-0.2, -0.15) is 0 Å². The Kier molecular flexibility index (Phi) is 6.28. The Labute approximate surface area is 214 Å². The molecule has 1 fully saturated rings. The number of aromatic nitrogens is 2. The Hall–Kier alpha value is -4.04. The summed E-state index contributed by atoms with van der Waals surface area (Å²) in [7, 11) is 0. The predicted molar refractivity (Wildman–Crippen MR) is 144 cm³/mol. The van der Waals surface area contributed by atoms with E-state index in [2.05, 4.69) is 31.2 Å². The molecule has 0 radical (unpaired) electrons. The molecule has 0 saturated carbocycles. The van der Waals surface area contributed by atoms with E-state index in [-0.39, 0.29) is 23.8 Å². The number of halogens is 1. The van der Waals surface area contributed by atoms with Crippen LogP contribution in [0.3, 0.4) is 0 Å². The number of carbonyl (C=O) groups excluding carboxylic acids is 1. The summed E-state index contributed by atoms with van der Waals surface area (Å²) >= 11 is 5.83. The van der Waals surface area contributed by atoms with E-state index in [9.17, 15) is 9.18 Å². The first-order valence-electron chi connectivity index (χ1n) is 11.7. The van der Waals surface area contributed by atoms with Crippen molar-refractivity contribution >= 4 is 34.6 Å². The van der Waals surface area contributed by atoms with E-state index in [4.69, 9.17) is 12.2 Å². The molecular weight excluding hydrogens is 473 g/mol. The molecule has 2 N–H and O–H groups in total. The summed E-state index contributed by atoms with van der Waals surface area (Å²) in [5.74, 6) is -0.406. The zero-order valence-corrected chi connectivity index (χ0v) is 21.0. The van der Waals surface area contributed by atoms with E-state index in [1.54, 1.807) is 12.3 Å². The maximum atomic E-state index is 14.1. The van der Waals surface area contributed by atoms with Gasteiger partial charge in [0, 0.05) is 41.6 Å². The first kappa shape index (κ1) is 23.7. The maximum absolute atomic E-state index is 14.1. The monoisotopic (exact) mass is 499 g/mol. The lowest BCUT2D eigenvalue weighted by molar-refractivity contribution is -0.114. The maximum Gasteiger partial charge on any atom is 0.221 e. The number of thiocarbonyl (C=S) groups is 1. The number of aryl methyl sites for hydroxylation is 1. The van der Waals surface area contributed by atoms with Gasteiger partial charge in [0.05, 0.1) is 17.8 Å². The molecule has 1 aliphatic heterocycles. The Balaban J connectivity index is 1.63. The van der Waals surface area contributed by atoms with Crippen molar-refractivity contribution in [1.29, 1.82) is 0 Å². The largest absolute Gasteiger partial charge is 0.351 e. The van der Waals surface area contributed by atoms with Gasteiger partial charge in [-0.25, -0.2) is 4.39 Å². The van der Waals surface area contributed by atoms with E-state index in [0.29, 0.717) is 10.8 Å². The van der Waals surface area contributed by atoms with Gasteiger partial charge in [0.1, 0.15) is 5.82 Å². The van der Waals surface area contributed by atoms with Crippen molar-refractivity contribution in [2.45, 2.75) is 32.9 Å². The normalized spacial score (nSPS) is 17.2. The molecule has 2 aromatic heterocycles. The lowest BCUT2D eigenvalue weighted by atomic mass is 9.96. The number of anilines is 2. The number of hydrogen-bond donors (Lipinski definition) is 2. The number of nitrogens with one attached hydrogen (secondary N) is 2. The van der Waals surface area contributed by atoms with Gasteiger partial charge >= 0.3 is 0 Å². The van der Waals surface area contributed by atoms with Crippen molar-refractivity contribution in [3.63, 3.8) is 0 Å². The van der Waals surface area contributed by atoms with Gasteiger partial charge in [-0.3, -0.25) is 9.78 Å².